The first-order valence-electron chi connectivity index (χ1n) is 9.56. The van der Waals surface area contributed by atoms with Crippen molar-refractivity contribution in [3.8, 4) is 0 Å². The second-order valence-corrected chi connectivity index (χ2v) is 7.67. The zero-order valence-corrected chi connectivity index (χ0v) is 23.2. The van der Waals surface area contributed by atoms with Crippen molar-refractivity contribution < 1.29 is 60.2 Å². The number of hydrogen-bond acceptors (Lipinski definition) is 0. The third-order valence-electron chi connectivity index (χ3n) is 5.91. The maximum Gasteiger partial charge on any atom is 4.00 e. The third-order valence-corrected chi connectivity index (χ3v) is 5.91. The Morgan fingerprint density at radius 2 is 1.64 bits per heavy atom. The van der Waals surface area contributed by atoms with Crippen LogP contribution in [0.15, 0.2) is 59.2 Å². The predicted octanol–water partition coefficient (Wildman–Crippen LogP) is 0.910. The monoisotopic (exact) mass is 578 g/mol. The summed E-state index contributed by atoms with van der Waals surface area (Å²) >= 11 is 0. The van der Waals surface area contributed by atoms with Crippen molar-refractivity contribution >= 4 is 0 Å². The molecule has 0 saturated heterocycles. The molecule has 3 heteroatoms. The number of rotatable bonds is 1. The van der Waals surface area contributed by atoms with Crippen LogP contribution in [0.1, 0.15) is 68.7 Å². The summed E-state index contributed by atoms with van der Waals surface area (Å²) in [5.41, 5.74) is 10.3. The third kappa shape index (κ3) is 6.45. The van der Waals surface area contributed by atoms with E-state index in [0.717, 1.165) is 0 Å². The molecule has 2 aromatic rings. The minimum atomic E-state index is 0. The van der Waals surface area contributed by atoms with Crippen LogP contribution in [-0.2, 0) is 32.6 Å². The van der Waals surface area contributed by atoms with Gasteiger partial charge in [-0.25, -0.2) is 11.6 Å². The van der Waals surface area contributed by atoms with E-state index in [-0.39, 0.29) is 60.2 Å². The molecule has 148 valence electrons. The minimum Gasteiger partial charge on any atom is -1.00 e. The molecule has 2 aromatic carbocycles. The van der Waals surface area contributed by atoms with Crippen molar-refractivity contribution in [3.05, 3.63) is 87.5 Å². The number of benzene rings is 1. The van der Waals surface area contributed by atoms with Gasteiger partial charge >= 0.3 is 26.2 Å². The summed E-state index contributed by atoms with van der Waals surface area (Å²) in [6, 6.07) is 15.7. The van der Waals surface area contributed by atoms with Crippen LogP contribution >= 0.6 is 0 Å². The van der Waals surface area contributed by atoms with Gasteiger partial charge in [0.1, 0.15) is 0 Å². The fourth-order valence-corrected chi connectivity index (χ4v) is 4.12. The van der Waals surface area contributed by atoms with Gasteiger partial charge in [-0.15, -0.1) is 6.92 Å². The van der Waals surface area contributed by atoms with Crippen LogP contribution < -0.4 is 34.0 Å². The summed E-state index contributed by atoms with van der Waals surface area (Å²) < 4.78 is 0. The summed E-state index contributed by atoms with van der Waals surface area (Å²) in [4.78, 5) is 0. The molecule has 0 spiro atoms. The average Bonchev–Trinajstić information content (AvgIpc) is 3.10. The summed E-state index contributed by atoms with van der Waals surface area (Å²) in [6.07, 6.45) is 7.26. The Labute approximate surface area is 211 Å². The van der Waals surface area contributed by atoms with Crippen molar-refractivity contribution in [1.29, 1.82) is 0 Å². The van der Waals surface area contributed by atoms with E-state index in [1.165, 1.54) is 47.1 Å². The van der Waals surface area contributed by atoms with Crippen LogP contribution in [-0.4, -0.2) is 0 Å². The van der Waals surface area contributed by atoms with Crippen LogP contribution in [0.5, 0.6) is 0 Å². The van der Waals surface area contributed by atoms with E-state index in [0.29, 0.717) is 11.8 Å². The Morgan fingerprint density at radius 1 is 1.00 bits per heavy atom. The van der Waals surface area contributed by atoms with E-state index in [1.54, 1.807) is 11.1 Å². The molecule has 0 aliphatic heterocycles. The van der Waals surface area contributed by atoms with E-state index < -0.39 is 0 Å². The standard InChI is InChI=1S/C16H17.C9H13.2BrH.Zr/c1-12-10-14-8-5-9-15(16(14)11-12)13-6-3-2-4-7-13;1-6-5-7(2)9(4)8(6)3;;;/h2-4,6-7,10-11,15H,5,8-9H2,1H3;6H,1-4H3;2*1H;/q2*-1;;;+4/p-2. The first-order valence-corrected chi connectivity index (χ1v) is 9.56. The van der Waals surface area contributed by atoms with E-state index in [4.69, 9.17) is 0 Å². The summed E-state index contributed by atoms with van der Waals surface area (Å²) in [5, 5.41) is 0. The molecular weight excluding hydrogens is 551 g/mol. The number of halogens is 2. The number of allylic oxidation sites excluding steroid dienone is 4. The van der Waals surface area contributed by atoms with Crippen LogP contribution in [0.2, 0.25) is 0 Å². The van der Waals surface area contributed by atoms with Gasteiger partial charge in [-0.1, -0.05) is 88.8 Å². The molecule has 4 rings (SSSR count). The second-order valence-electron chi connectivity index (χ2n) is 7.67. The minimum absolute atomic E-state index is 0. The molecule has 0 amide bonds. The molecular formula is C25H30Br2Zr. The van der Waals surface area contributed by atoms with Gasteiger partial charge in [0.05, 0.1) is 0 Å². The van der Waals surface area contributed by atoms with Gasteiger partial charge in [-0.05, 0) is 5.92 Å². The predicted molar refractivity (Wildman–Crippen MR) is 108 cm³/mol. The fourth-order valence-electron chi connectivity index (χ4n) is 4.12. The van der Waals surface area contributed by atoms with Crippen molar-refractivity contribution in [1.82, 2.24) is 0 Å². The topological polar surface area (TPSA) is 0 Å². The zero-order valence-electron chi connectivity index (χ0n) is 17.6. The van der Waals surface area contributed by atoms with Gasteiger partial charge in [-0.3, -0.25) is 6.08 Å². The van der Waals surface area contributed by atoms with Crippen molar-refractivity contribution in [2.45, 2.75) is 59.8 Å². The molecule has 0 bridgehead atoms. The van der Waals surface area contributed by atoms with Gasteiger partial charge in [0.25, 0.3) is 0 Å². The quantitative estimate of drug-likeness (QED) is 0.440. The molecule has 0 saturated carbocycles. The van der Waals surface area contributed by atoms with E-state index >= 15 is 0 Å². The maximum atomic E-state index is 3.36. The molecule has 0 N–H and O–H groups in total. The first-order chi connectivity index (χ1) is 12.0. The molecule has 2 unspecified atom stereocenters. The van der Waals surface area contributed by atoms with Gasteiger partial charge in [0.15, 0.2) is 0 Å². The van der Waals surface area contributed by atoms with E-state index in [2.05, 4.69) is 83.2 Å². The van der Waals surface area contributed by atoms with Crippen molar-refractivity contribution in [3.63, 3.8) is 0 Å². The van der Waals surface area contributed by atoms with Gasteiger partial charge < -0.3 is 34.0 Å². The van der Waals surface area contributed by atoms with E-state index in [1.807, 2.05) is 0 Å². The molecule has 0 nitrogen and oxygen atoms in total. The number of aryl methyl sites for hydroxylation is 2. The van der Waals surface area contributed by atoms with Crippen LogP contribution in [0, 0.1) is 18.9 Å². The summed E-state index contributed by atoms with van der Waals surface area (Å²) in [5.74, 6) is 1.20. The normalized spacial score (nSPS) is 19.8. The smallest absolute Gasteiger partial charge is 1.00 e. The average molecular weight is 582 g/mol. The van der Waals surface area contributed by atoms with Crippen molar-refractivity contribution in [2.24, 2.45) is 5.92 Å². The molecule has 28 heavy (non-hydrogen) atoms. The molecule has 2 atom stereocenters. The second kappa shape index (κ2) is 12.6. The summed E-state index contributed by atoms with van der Waals surface area (Å²) in [7, 11) is 0. The Hall–Kier alpha value is -0.107. The first kappa shape index (κ1) is 27.9. The Bertz CT molecular complexity index is 799. The van der Waals surface area contributed by atoms with Gasteiger partial charge in [-0.2, -0.15) is 33.9 Å². The molecule has 2 aliphatic rings. The molecule has 2 aliphatic carbocycles. The van der Waals surface area contributed by atoms with Crippen LogP contribution in [0.3, 0.4) is 0 Å². The Morgan fingerprint density at radius 3 is 2.14 bits per heavy atom. The van der Waals surface area contributed by atoms with Crippen LogP contribution in [0.4, 0.5) is 0 Å². The molecule has 0 aromatic heterocycles. The fraction of sp³-hybridized carbons (Fsp3) is 0.400. The maximum absolute atomic E-state index is 3.36. The molecule has 0 radical (unpaired) electrons. The largest absolute Gasteiger partial charge is 4.00 e. The summed E-state index contributed by atoms with van der Waals surface area (Å²) in [6.45, 7) is 10.9. The number of hydrogen-bond donors (Lipinski definition) is 0. The zero-order chi connectivity index (χ0) is 18.0. The Balaban J connectivity index is 0.000000533. The number of fused-ring (bicyclic) bond motifs is 1. The Kier molecular flexibility index (Phi) is 12.5. The van der Waals surface area contributed by atoms with E-state index in [9.17, 15) is 0 Å². The van der Waals surface area contributed by atoms with Gasteiger partial charge in [0, 0.05) is 0 Å². The molecule has 0 fully saturated rings. The molecule has 0 heterocycles. The van der Waals surface area contributed by atoms with Crippen molar-refractivity contribution in [2.75, 3.05) is 0 Å². The van der Waals surface area contributed by atoms with Crippen LogP contribution in [0.25, 0.3) is 0 Å². The van der Waals surface area contributed by atoms with Gasteiger partial charge in [0.2, 0.25) is 0 Å². The SMILES string of the molecule is CC1=[C-]C(C)C(C)=C1C.Cc1cc2c([cH-]1)CCCC2c1ccccc1.[Br-].[Br-].[Zr+4].